The van der Waals surface area contributed by atoms with Crippen LogP contribution in [0.15, 0.2) is 24.3 Å². The van der Waals surface area contributed by atoms with Crippen molar-refractivity contribution in [2.45, 2.75) is 78.0 Å². The molecule has 9 nitrogen and oxygen atoms in total. The highest BCUT2D eigenvalue weighted by molar-refractivity contribution is 6.01. The summed E-state index contributed by atoms with van der Waals surface area (Å²) in [5.41, 5.74) is 7.53. The molecule has 2 heterocycles. The van der Waals surface area contributed by atoms with Gasteiger partial charge >= 0.3 is 0 Å². The molecule has 0 radical (unpaired) electrons. The van der Waals surface area contributed by atoms with Gasteiger partial charge in [-0.25, -0.2) is 0 Å². The van der Waals surface area contributed by atoms with Gasteiger partial charge in [0.15, 0.2) is 5.78 Å². The Morgan fingerprint density at radius 3 is 2.24 bits per heavy atom. The fourth-order valence-electron chi connectivity index (χ4n) is 5.36. The summed E-state index contributed by atoms with van der Waals surface area (Å²) < 4.78 is 0. The van der Waals surface area contributed by atoms with Crippen molar-refractivity contribution in [1.29, 1.82) is 0 Å². The van der Waals surface area contributed by atoms with Gasteiger partial charge in [0, 0.05) is 31.9 Å². The van der Waals surface area contributed by atoms with Crippen LogP contribution in [-0.2, 0) is 14.4 Å². The van der Waals surface area contributed by atoms with Crippen molar-refractivity contribution in [3.05, 3.63) is 29.8 Å². The van der Waals surface area contributed by atoms with E-state index in [1.807, 2.05) is 65.7 Å². The van der Waals surface area contributed by atoms with Crippen LogP contribution in [-0.4, -0.2) is 84.7 Å². The summed E-state index contributed by atoms with van der Waals surface area (Å²) in [5.74, 6) is -0.847. The number of anilines is 1. The molecule has 0 aromatic heterocycles. The molecule has 3 rings (SSSR count). The second kappa shape index (κ2) is 11.2. The van der Waals surface area contributed by atoms with Gasteiger partial charge in [-0.15, -0.1) is 0 Å². The Balaban J connectivity index is 1.74. The summed E-state index contributed by atoms with van der Waals surface area (Å²) in [7, 11) is 3.85. The lowest BCUT2D eigenvalue weighted by atomic mass is 9.88. The van der Waals surface area contributed by atoms with E-state index in [0.717, 1.165) is 5.69 Å². The molecule has 4 atom stereocenters. The average Bonchev–Trinajstić information content (AvgIpc) is 3.37. The predicted molar refractivity (Wildman–Crippen MR) is 144 cm³/mol. The third-order valence-corrected chi connectivity index (χ3v) is 7.09. The van der Waals surface area contributed by atoms with Crippen molar-refractivity contribution in [2.75, 3.05) is 32.1 Å². The SMILES string of the molecule is CC(C)C[C@H](NC(=O)c1ccc(N(C)C)cc1)C(=O)N1CC[C@@H]2[C@H]1C(=O)CN2C(=O)[C@@H](N)CC(C)(C)C. The predicted octanol–water partition coefficient (Wildman–Crippen LogP) is 2.04. The molecular formula is C28H43N5O4. The van der Waals surface area contributed by atoms with E-state index < -0.39 is 18.1 Å². The molecule has 2 fully saturated rings. The number of nitrogens with zero attached hydrogens (tertiary/aromatic N) is 3. The van der Waals surface area contributed by atoms with E-state index >= 15 is 0 Å². The van der Waals surface area contributed by atoms with Crippen molar-refractivity contribution in [2.24, 2.45) is 17.1 Å². The summed E-state index contributed by atoms with van der Waals surface area (Å²) in [6.45, 7) is 10.4. The Labute approximate surface area is 220 Å². The van der Waals surface area contributed by atoms with Crippen LogP contribution in [0.1, 0.15) is 64.2 Å². The summed E-state index contributed by atoms with van der Waals surface area (Å²) in [4.78, 5) is 58.0. The van der Waals surface area contributed by atoms with Gasteiger partial charge in [0.05, 0.1) is 18.6 Å². The lowest BCUT2D eigenvalue weighted by Gasteiger charge is -2.30. The van der Waals surface area contributed by atoms with Gasteiger partial charge < -0.3 is 25.8 Å². The van der Waals surface area contributed by atoms with E-state index in [0.29, 0.717) is 31.4 Å². The number of hydrogen-bond acceptors (Lipinski definition) is 6. The first-order chi connectivity index (χ1) is 17.2. The number of fused-ring (bicyclic) bond motifs is 1. The largest absolute Gasteiger partial charge is 0.378 e. The number of Topliss-reactive ketones (excluding diaryl/α,β-unsaturated/α-hetero) is 1. The van der Waals surface area contributed by atoms with Crippen LogP contribution in [0.5, 0.6) is 0 Å². The number of benzene rings is 1. The summed E-state index contributed by atoms with van der Waals surface area (Å²) in [6, 6.07) is 4.66. The van der Waals surface area contributed by atoms with Crippen molar-refractivity contribution < 1.29 is 19.2 Å². The van der Waals surface area contributed by atoms with Gasteiger partial charge in [-0.1, -0.05) is 34.6 Å². The normalized spacial score (nSPS) is 21.2. The lowest BCUT2D eigenvalue weighted by molar-refractivity contribution is -0.138. The minimum Gasteiger partial charge on any atom is -0.378 e. The maximum Gasteiger partial charge on any atom is 0.251 e. The molecule has 204 valence electrons. The number of carbonyl (C=O) groups is 4. The van der Waals surface area contributed by atoms with Crippen molar-refractivity contribution in [3.63, 3.8) is 0 Å². The molecule has 3 amide bonds. The Bertz CT molecular complexity index is 1010. The highest BCUT2D eigenvalue weighted by Crippen LogP contribution is 2.32. The maximum atomic E-state index is 13.7. The van der Waals surface area contributed by atoms with Crippen LogP contribution in [0, 0.1) is 11.3 Å². The highest BCUT2D eigenvalue weighted by atomic mass is 16.2. The topological polar surface area (TPSA) is 116 Å². The third kappa shape index (κ3) is 6.69. The molecule has 0 bridgehead atoms. The molecule has 37 heavy (non-hydrogen) atoms. The van der Waals surface area contributed by atoms with E-state index in [4.69, 9.17) is 5.73 Å². The minimum atomic E-state index is -0.763. The van der Waals surface area contributed by atoms with Crippen LogP contribution < -0.4 is 16.0 Å². The highest BCUT2D eigenvalue weighted by Gasteiger charge is 2.52. The number of likely N-dealkylation sites (tertiary alicyclic amines) is 2. The van der Waals surface area contributed by atoms with E-state index in [2.05, 4.69) is 5.32 Å². The van der Waals surface area contributed by atoms with Gasteiger partial charge in [-0.2, -0.15) is 0 Å². The number of amides is 3. The van der Waals surface area contributed by atoms with Gasteiger partial charge in [-0.3, -0.25) is 19.2 Å². The Morgan fingerprint density at radius 1 is 1.08 bits per heavy atom. The number of nitrogens with one attached hydrogen (secondary N) is 1. The van der Waals surface area contributed by atoms with Crippen LogP contribution in [0.2, 0.25) is 0 Å². The zero-order valence-electron chi connectivity index (χ0n) is 23.3. The summed E-state index contributed by atoms with van der Waals surface area (Å²) in [6.07, 6.45) is 1.47. The smallest absolute Gasteiger partial charge is 0.251 e. The number of ketones is 1. The lowest BCUT2D eigenvalue weighted by Crippen LogP contribution is -2.53. The minimum absolute atomic E-state index is 0.0325. The first-order valence-corrected chi connectivity index (χ1v) is 13.2. The number of nitrogens with two attached hydrogens (primary N) is 1. The molecule has 3 N–H and O–H groups in total. The number of rotatable bonds is 8. The van der Waals surface area contributed by atoms with Gasteiger partial charge in [0.2, 0.25) is 11.8 Å². The molecule has 1 aromatic rings. The van der Waals surface area contributed by atoms with E-state index in [1.54, 1.807) is 21.9 Å². The Morgan fingerprint density at radius 2 is 1.70 bits per heavy atom. The molecule has 0 saturated carbocycles. The molecular weight excluding hydrogens is 470 g/mol. The Hall–Kier alpha value is -2.94. The van der Waals surface area contributed by atoms with Crippen LogP contribution in [0.4, 0.5) is 5.69 Å². The molecule has 0 unspecified atom stereocenters. The quantitative estimate of drug-likeness (QED) is 0.550. The fourth-order valence-corrected chi connectivity index (χ4v) is 5.36. The summed E-state index contributed by atoms with van der Waals surface area (Å²) in [5, 5.41) is 2.91. The Kier molecular flexibility index (Phi) is 8.67. The second-order valence-electron chi connectivity index (χ2n) is 12.2. The van der Waals surface area contributed by atoms with Gasteiger partial charge in [0.25, 0.3) is 5.91 Å². The molecule has 0 aliphatic carbocycles. The van der Waals surface area contributed by atoms with E-state index in [-0.39, 0.29) is 47.4 Å². The van der Waals surface area contributed by atoms with E-state index in [9.17, 15) is 19.2 Å². The molecule has 2 saturated heterocycles. The molecule has 2 aliphatic rings. The average molecular weight is 514 g/mol. The van der Waals surface area contributed by atoms with Crippen LogP contribution in [0.25, 0.3) is 0 Å². The fraction of sp³-hybridized carbons (Fsp3) is 0.643. The number of hydrogen-bond donors (Lipinski definition) is 2. The van der Waals surface area contributed by atoms with Crippen LogP contribution in [0.3, 0.4) is 0 Å². The zero-order chi connectivity index (χ0) is 27.7. The standard InChI is InChI=1S/C28H43N5O4/c1-17(2)14-21(30-25(35)18-8-10-19(11-9-18)31(6)7)27(37)32-13-12-22-24(32)23(34)16-33(22)26(36)20(29)15-28(3,4)5/h8-11,17,20-22,24H,12-16,29H2,1-7H3,(H,30,35)/t20-,21-,22+,24-/m0/s1. The van der Waals surface area contributed by atoms with Gasteiger partial charge in [0.1, 0.15) is 12.1 Å². The molecule has 2 aliphatic heterocycles. The van der Waals surface area contributed by atoms with Crippen molar-refractivity contribution >= 4 is 29.2 Å². The third-order valence-electron chi connectivity index (χ3n) is 7.09. The van der Waals surface area contributed by atoms with Gasteiger partial charge in [-0.05, 0) is 54.9 Å². The summed E-state index contributed by atoms with van der Waals surface area (Å²) >= 11 is 0. The first-order valence-electron chi connectivity index (χ1n) is 13.2. The van der Waals surface area contributed by atoms with Crippen molar-refractivity contribution in [1.82, 2.24) is 15.1 Å². The monoisotopic (exact) mass is 513 g/mol. The zero-order valence-corrected chi connectivity index (χ0v) is 23.3. The molecule has 9 heteroatoms. The van der Waals surface area contributed by atoms with E-state index in [1.165, 1.54) is 0 Å². The first kappa shape index (κ1) is 28.6. The number of carbonyl (C=O) groups excluding carboxylic acids is 4. The van der Waals surface area contributed by atoms with Crippen molar-refractivity contribution in [3.8, 4) is 0 Å². The maximum absolute atomic E-state index is 13.7. The van der Waals surface area contributed by atoms with Crippen LogP contribution >= 0.6 is 0 Å². The second-order valence-corrected chi connectivity index (χ2v) is 12.2. The molecule has 1 aromatic carbocycles. The molecule has 0 spiro atoms.